The van der Waals surface area contributed by atoms with Gasteiger partial charge in [0.25, 0.3) is 0 Å². The van der Waals surface area contributed by atoms with E-state index in [0.29, 0.717) is 6.54 Å². The molecule has 0 aliphatic heterocycles. The molecule has 80 valence electrons. The van der Waals surface area contributed by atoms with Crippen molar-refractivity contribution in [2.75, 3.05) is 0 Å². The van der Waals surface area contributed by atoms with Gasteiger partial charge in [-0.3, -0.25) is 9.36 Å². The molecule has 0 aliphatic carbocycles. The highest BCUT2D eigenvalue weighted by molar-refractivity contribution is 7.16. The van der Waals surface area contributed by atoms with Gasteiger partial charge in [-0.2, -0.15) is 0 Å². The third kappa shape index (κ3) is 1.45. The number of benzene rings is 1. The Morgan fingerprint density at radius 1 is 1.31 bits per heavy atom. The summed E-state index contributed by atoms with van der Waals surface area (Å²) in [4.78, 5) is 11.8. The van der Waals surface area contributed by atoms with Crippen molar-refractivity contribution < 1.29 is 4.52 Å². The minimum Gasteiger partial charge on any atom is -0.364 e. The van der Waals surface area contributed by atoms with E-state index in [0.717, 1.165) is 15.9 Å². The first-order chi connectivity index (χ1) is 7.84. The van der Waals surface area contributed by atoms with E-state index in [1.807, 2.05) is 24.3 Å². The van der Waals surface area contributed by atoms with Gasteiger partial charge in [0.1, 0.15) is 12.0 Å². The largest absolute Gasteiger partial charge is 0.364 e. The van der Waals surface area contributed by atoms with Crippen LogP contribution < -0.4 is 4.87 Å². The van der Waals surface area contributed by atoms with Gasteiger partial charge in [0.2, 0.25) is 0 Å². The fourth-order valence-electron chi connectivity index (χ4n) is 1.64. The fraction of sp³-hybridized carbons (Fsp3) is 0.0909. The molecule has 0 fully saturated rings. The lowest BCUT2D eigenvalue weighted by atomic mass is 10.3. The van der Waals surface area contributed by atoms with Crippen LogP contribution in [-0.4, -0.2) is 9.72 Å². The molecule has 0 atom stereocenters. The SMILES string of the molecule is O=c1sc2ccccc2n1Cc1ccon1. The normalized spacial score (nSPS) is 11.0. The summed E-state index contributed by atoms with van der Waals surface area (Å²) >= 11 is 1.25. The van der Waals surface area contributed by atoms with Crippen molar-refractivity contribution in [2.45, 2.75) is 6.54 Å². The van der Waals surface area contributed by atoms with Crippen molar-refractivity contribution in [1.82, 2.24) is 9.72 Å². The number of hydrogen-bond acceptors (Lipinski definition) is 4. The average Bonchev–Trinajstić information content (AvgIpc) is 2.89. The van der Waals surface area contributed by atoms with Crippen LogP contribution in [0.4, 0.5) is 0 Å². The zero-order valence-corrected chi connectivity index (χ0v) is 9.11. The number of thiazole rings is 1. The maximum Gasteiger partial charge on any atom is 0.308 e. The summed E-state index contributed by atoms with van der Waals surface area (Å²) in [6, 6.07) is 9.50. The molecule has 2 heterocycles. The van der Waals surface area contributed by atoms with Crippen LogP contribution in [0.25, 0.3) is 10.2 Å². The molecule has 3 aromatic rings. The van der Waals surface area contributed by atoms with Gasteiger partial charge >= 0.3 is 4.87 Å². The molecule has 3 rings (SSSR count). The van der Waals surface area contributed by atoms with Crippen LogP contribution in [0, 0.1) is 0 Å². The van der Waals surface area contributed by atoms with Crippen LogP contribution in [0.1, 0.15) is 5.69 Å². The molecular weight excluding hydrogens is 224 g/mol. The highest BCUT2D eigenvalue weighted by atomic mass is 32.1. The highest BCUT2D eigenvalue weighted by Gasteiger charge is 2.08. The van der Waals surface area contributed by atoms with Crippen molar-refractivity contribution in [3.05, 3.63) is 52.0 Å². The van der Waals surface area contributed by atoms with Crippen LogP contribution in [0.2, 0.25) is 0 Å². The Balaban J connectivity index is 2.16. The van der Waals surface area contributed by atoms with Crippen molar-refractivity contribution in [3.8, 4) is 0 Å². The van der Waals surface area contributed by atoms with Gasteiger partial charge in [0.05, 0.1) is 16.8 Å². The fourth-order valence-corrected chi connectivity index (χ4v) is 2.54. The molecule has 0 aliphatic rings. The highest BCUT2D eigenvalue weighted by Crippen LogP contribution is 2.17. The number of para-hydroxylation sites is 1. The maximum absolute atomic E-state index is 11.8. The summed E-state index contributed by atoms with van der Waals surface area (Å²) in [7, 11) is 0. The summed E-state index contributed by atoms with van der Waals surface area (Å²) in [6.45, 7) is 0.458. The minimum absolute atomic E-state index is 0.0317. The van der Waals surface area contributed by atoms with Crippen LogP contribution in [0.5, 0.6) is 0 Å². The van der Waals surface area contributed by atoms with Gasteiger partial charge in [0, 0.05) is 6.07 Å². The van der Waals surface area contributed by atoms with Crippen molar-refractivity contribution in [2.24, 2.45) is 0 Å². The molecule has 4 nitrogen and oxygen atoms in total. The van der Waals surface area contributed by atoms with E-state index in [2.05, 4.69) is 5.16 Å². The standard InChI is InChI=1S/C11H8N2O2S/c14-11-13(7-8-5-6-15-12-8)9-3-1-2-4-10(9)16-11/h1-6H,7H2. The van der Waals surface area contributed by atoms with Gasteiger partial charge in [-0.1, -0.05) is 28.6 Å². The summed E-state index contributed by atoms with van der Waals surface area (Å²) in [5.41, 5.74) is 1.70. The molecule has 16 heavy (non-hydrogen) atoms. The Morgan fingerprint density at radius 2 is 2.19 bits per heavy atom. The van der Waals surface area contributed by atoms with Gasteiger partial charge in [-0.15, -0.1) is 0 Å². The van der Waals surface area contributed by atoms with Crippen LogP contribution >= 0.6 is 11.3 Å². The van der Waals surface area contributed by atoms with Crippen LogP contribution in [-0.2, 0) is 6.54 Å². The molecule has 0 radical (unpaired) electrons. The van der Waals surface area contributed by atoms with Gasteiger partial charge in [0.15, 0.2) is 0 Å². The first-order valence-electron chi connectivity index (χ1n) is 4.82. The van der Waals surface area contributed by atoms with Gasteiger partial charge < -0.3 is 4.52 Å². The second kappa shape index (κ2) is 3.61. The van der Waals surface area contributed by atoms with Crippen molar-refractivity contribution in [1.29, 1.82) is 0 Å². The van der Waals surface area contributed by atoms with E-state index in [1.165, 1.54) is 17.6 Å². The third-order valence-corrected chi connectivity index (χ3v) is 3.35. The quantitative estimate of drug-likeness (QED) is 0.679. The van der Waals surface area contributed by atoms with E-state index in [-0.39, 0.29) is 4.87 Å². The van der Waals surface area contributed by atoms with Crippen LogP contribution in [0.15, 0.2) is 45.9 Å². The van der Waals surface area contributed by atoms with Crippen molar-refractivity contribution >= 4 is 21.6 Å². The molecule has 0 N–H and O–H groups in total. The van der Waals surface area contributed by atoms with E-state index >= 15 is 0 Å². The molecule has 0 bridgehead atoms. The van der Waals surface area contributed by atoms with E-state index in [4.69, 9.17) is 4.52 Å². The molecule has 2 aromatic heterocycles. The lowest BCUT2D eigenvalue weighted by Crippen LogP contribution is -2.13. The molecule has 5 heteroatoms. The lowest BCUT2D eigenvalue weighted by Gasteiger charge is -1.99. The minimum atomic E-state index is 0.0317. The van der Waals surface area contributed by atoms with E-state index in [1.54, 1.807) is 10.6 Å². The molecule has 0 saturated carbocycles. The molecule has 0 unspecified atom stereocenters. The molecule has 0 amide bonds. The first-order valence-corrected chi connectivity index (χ1v) is 5.64. The molecule has 0 spiro atoms. The lowest BCUT2D eigenvalue weighted by molar-refractivity contribution is 0.410. The van der Waals surface area contributed by atoms with Crippen molar-refractivity contribution in [3.63, 3.8) is 0 Å². The van der Waals surface area contributed by atoms with Gasteiger partial charge in [-0.25, -0.2) is 0 Å². The number of rotatable bonds is 2. The smallest absolute Gasteiger partial charge is 0.308 e. The maximum atomic E-state index is 11.8. The van der Waals surface area contributed by atoms with E-state index in [9.17, 15) is 4.79 Å². The predicted octanol–water partition coefficient (Wildman–Crippen LogP) is 2.10. The Labute approximate surface area is 94.7 Å². The molecule has 0 saturated heterocycles. The molecule has 1 aromatic carbocycles. The zero-order chi connectivity index (χ0) is 11.0. The Morgan fingerprint density at radius 3 is 3.00 bits per heavy atom. The number of nitrogens with zero attached hydrogens (tertiary/aromatic N) is 2. The third-order valence-electron chi connectivity index (χ3n) is 2.39. The topological polar surface area (TPSA) is 48.0 Å². The van der Waals surface area contributed by atoms with Gasteiger partial charge in [-0.05, 0) is 12.1 Å². The Bertz CT molecular complexity index is 667. The monoisotopic (exact) mass is 232 g/mol. The van der Waals surface area contributed by atoms with E-state index < -0.39 is 0 Å². The number of fused-ring (bicyclic) bond motifs is 1. The summed E-state index contributed by atoms with van der Waals surface area (Å²) < 4.78 is 7.46. The van der Waals surface area contributed by atoms with Crippen LogP contribution in [0.3, 0.4) is 0 Å². The zero-order valence-electron chi connectivity index (χ0n) is 8.29. The molecular formula is C11H8N2O2S. The first kappa shape index (κ1) is 9.35. The summed E-state index contributed by atoms with van der Waals surface area (Å²) in [5.74, 6) is 0. The summed E-state index contributed by atoms with van der Waals surface area (Å²) in [6.07, 6.45) is 1.51. The predicted molar refractivity (Wildman–Crippen MR) is 61.7 cm³/mol. The Hall–Kier alpha value is -1.88. The second-order valence-electron chi connectivity index (χ2n) is 3.41. The summed E-state index contributed by atoms with van der Waals surface area (Å²) in [5, 5.41) is 3.81. The second-order valence-corrected chi connectivity index (χ2v) is 4.41. The number of aromatic nitrogens is 2. The number of hydrogen-bond donors (Lipinski definition) is 0. The average molecular weight is 232 g/mol. The Kier molecular flexibility index (Phi) is 2.11.